The van der Waals surface area contributed by atoms with Gasteiger partial charge in [-0.1, -0.05) is 26.8 Å². The van der Waals surface area contributed by atoms with Gasteiger partial charge in [0.25, 0.3) is 0 Å². The van der Waals surface area contributed by atoms with Gasteiger partial charge in [0.05, 0.1) is 0 Å². The molecule has 29 heavy (non-hydrogen) atoms. The first kappa shape index (κ1) is 22.1. The van der Waals surface area contributed by atoms with Crippen LogP contribution < -0.4 is 10.1 Å². The molecule has 0 radical (unpaired) electrons. The van der Waals surface area contributed by atoms with Crippen molar-refractivity contribution < 1.29 is 23.9 Å². The molecule has 1 amide bonds. The lowest BCUT2D eigenvalue weighted by molar-refractivity contribution is -0.144. The number of rotatable bonds is 9. The van der Waals surface area contributed by atoms with Crippen molar-refractivity contribution in [2.45, 2.75) is 40.0 Å². The third kappa shape index (κ3) is 6.75. The topological polar surface area (TPSA) is 81.7 Å². The molecule has 0 aromatic heterocycles. The Morgan fingerprint density at radius 1 is 1.00 bits per heavy atom. The van der Waals surface area contributed by atoms with Crippen LogP contribution in [0.2, 0.25) is 0 Å². The number of aryl methyl sites for hydroxylation is 1. The molecular weight excluding hydrogens is 370 g/mol. The summed E-state index contributed by atoms with van der Waals surface area (Å²) in [7, 11) is 0. The number of ether oxygens (including phenoxy) is 2. The smallest absolute Gasteiger partial charge is 0.344 e. The predicted octanol–water partition coefficient (Wildman–Crippen LogP) is 4.27. The molecule has 6 heteroatoms. The largest absolute Gasteiger partial charge is 0.482 e. The molecule has 1 N–H and O–H groups in total. The Morgan fingerprint density at radius 3 is 2.28 bits per heavy atom. The van der Waals surface area contributed by atoms with Crippen LogP contribution in [-0.4, -0.2) is 30.9 Å². The number of hydrogen-bond donors (Lipinski definition) is 1. The number of benzene rings is 2. The summed E-state index contributed by atoms with van der Waals surface area (Å²) in [6.07, 6.45) is 0.375. The third-order valence-electron chi connectivity index (χ3n) is 4.40. The van der Waals surface area contributed by atoms with Crippen LogP contribution in [-0.2, 0) is 14.3 Å². The summed E-state index contributed by atoms with van der Waals surface area (Å²) in [5.41, 5.74) is 3.33. The van der Waals surface area contributed by atoms with Gasteiger partial charge in [-0.25, -0.2) is 4.79 Å². The highest BCUT2D eigenvalue weighted by Gasteiger charge is 2.12. The molecule has 0 fully saturated rings. The minimum Gasteiger partial charge on any atom is -0.482 e. The van der Waals surface area contributed by atoms with Crippen molar-refractivity contribution >= 4 is 23.3 Å². The van der Waals surface area contributed by atoms with E-state index >= 15 is 0 Å². The van der Waals surface area contributed by atoms with Crippen molar-refractivity contribution in [1.29, 1.82) is 0 Å². The molecule has 0 saturated heterocycles. The summed E-state index contributed by atoms with van der Waals surface area (Å²) < 4.78 is 10.5. The number of Topliss-reactive ketones (excluding diaryl/α,β-unsaturated/α-hetero) is 1. The Balaban J connectivity index is 1.80. The van der Waals surface area contributed by atoms with E-state index in [1.165, 1.54) is 5.56 Å². The second-order valence-corrected chi connectivity index (χ2v) is 7.02. The second-order valence-electron chi connectivity index (χ2n) is 7.02. The Hall–Kier alpha value is -3.15. The SMILES string of the molecule is CCC(=O)Nc1ccc(C(=O)COC(=O)COc2ccc(C(C)C)c(C)c2)cc1. The maximum Gasteiger partial charge on any atom is 0.344 e. The van der Waals surface area contributed by atoms with Crippen molar-refractivity contribution in [3.05, 3.63) is 59.2 Å². The van der Waals surface area contributed by atoms with E-state index in [4.69, 9.17) is 9.47 Å². The summed E-state index contributed by atoms with van der Waals surface area (Å²) in [4.78, 5) is 35.4. The molecule has 2 rings (SSSR count). The van der Waals surface area contributed by atoms with Gasteiger partial charge >= 0.3 is 5.97 Å². The van der Waals surface area contributed by atoms with E-state index < -0.39 is 5.97 Å². The minimum absolute atomic E-state index is 0.105. The standard InChI is InChI=1S/C23H27NO5/c1-5-22(26)24-18-8-6-17(7-9-18)21(25)13-29-23(27)14-28-19-10-11-20(15(2)3)16(4)12-19/h6-12,15H,5,13-14H2,1-4H3,(H,24,26). The maximum atomic E-state index is 12.2. The van der Waals surface area contributed by atoms with Crippen molar-refractivity contribution in [3.8, 4) is 5.75 Å². The van der Waals surface area contributed by atoms with Crippen LogP contribution in [0.3, 0.4) is 0 Å². The molecule has 154 valence electrons. The van der Waals surface area contributed by atoms with Gasteiger partial charge < -0.3 is 14.8 Å². The minimum atomic E-state index is -0.615. The zero-order chi connectivity index (χ0) is 21.4. The number of anilines is 1. The number of carbonyl (C=O) groups excluding carboxylic acids is 3. The normalized spacial score (nSPS) is 10.5. The van der Waals surface area contributed by atoms with Crippen molar-refractivity contribution in [2.24, 2.45) is 0 Å². The van der Waals surface area contributed by atoms with Gasteiger partial charge in [-0.2, -0.15) is 0 Å². The van der Waals surface area contributed by atoms with E-state index in [9.17, 15) is 14.4 Å². The lowest BCUT2D eigenvalue weighted by Gasteiger charge is -2.12. The first-order valence-corrected chi connectivity index (χ1v) is 9.62. The summed E-state index contributed by atoms with van der Waals surface area (Å²) in [6, 6.07) is 12.1. The molecule has 0 atom stereocenters. The average molecular weight is 397 g/mol. The fourth-order valence-electron chi connectivity index (χ4n) is 2.79. The summed E-state index contributed by atoms with van der Waals surface area (Å²) in [5, 5.41) is 2.70. The Morgan fingerprint density at radius 2 is 1.69 bits per heavy atom. The highest BCUT2D eigenvalue weighted by atomic mass is 16.6. The molecule has 0 aliphatic rings. The Labute approximate surface area is 171 Å². The molecule has 2 aromatic carbocycles. The number of amides is 1. The maximum absolute atomic E-state index is 12.2. The number of nitrogens with one attached hydrogen (secondary N) is 1. The van der Waals surface area contributed by atoms with E-state index in [1.807, 2.05) is 25.1 Å². The number of carbonyl (C=O) groups is 3. The van der Waals surface area contributed by atoms with Crippen LogP contribution in [0.25, 0.3) is 0 Å². The molecule has 2 aromatic rings. The van der Waals surface area contributed by atoms with Crippen LogP contribution in [0, 0.1) is 6.92 Å². The van der Waals surface area contributed by atoms with E-state index in [-0.39, 0.29) is 24.9 Å². The number of hydrogen-bond acceptors (Lipinski definition) is 5. The molecule has 0 aliphatic carbocycles. The zero-order valence-corrected chi connectivity index (χ0v) is 17.3. The lowest BCUT2D eigenvalue weighted by atomic mass is 9.98. The van der Waals surface area contributed by atoms with Crippen LogP contribution >= 0.6 is 0 Å². The molecule has 0 heterocycles. The predicted molar refractivity (Wildman–Crippen MR) is 111 cm³/mol. The first-order valence-electron chi connectivity index (χ1n) is 9.62. The Bertz CT molecular complexity index is 871. The monoisotopic (exact) mass is 397 g/mol. The summed E-state index contributed by atoms with van der Waals surface area (Å²) >= 11 is 0. The summed E-state index contributed by atoms with van der Waals surface area (Å²) in [5.74, 6) is -0.0523. The molecule has 0 spiro atoms. The van der Waals surface area contributed by atoms with E-state index in [0.717, 1.165) is 5.56 Å². The van der Waals surface area contributed by atoms with Gasteiger partial charge in [0, 0.05) is 17.7 Å². The number of ketones is 1. The van der Waals surface area contributed by atoms with E-state index in [2.05, 4.69) is 19.2 Å². The molecule has 6 nitrogen and oxygen atoms in total. The van der Waals surface area contributed by atoms with Crippen LogP contribution in [0.1, 0.15) is 54.6 Å². The van der Waals surface area contributed by atoms with Crippen molar-refractivity contribution in [3.63, 3.8) is 0 Å². The van der Waals surface area contributed by atoms with Gasteiger partial charge in [-0.05, 0) is 60.4 Å². The number of esters is 1. The molecule has 0 bridgehead atoms. The zero-order valence-electron chi connectivity index (χ0n) is 17.3. The molecule has 0 aliphatic heterocycles. The fourth-order valence-corrected chi connectivity index (χ4v) is 2.79. The van der Waals surface area contributed by atoms with Gasteiger partial charge in [0.1, 0.15) is 5.75 Å². The summed E-state index contributed by atoms with van der Waals surface area (Å²) in [6.45, 7) is 7.35. The van der Waals surface area contributed by atoms with E-state index in [0.29, 0.717) is 29.3 Å². The highest BCUT2D eigenvalue weighted by Crippen LogP contribution is 2.23. The fraction of sp³-hybridized carbons (Fsp3) is 0.348. The van der Waals surface area contributed by atoms with Crippen LogP contribution in [0.15, 0.2) is 42.5 Å². The molecule has 0 unspecified atom stereocenters. The quantitative estimate of drug-likeness (QED) is 0.505. The Kier molecular flexibility index (Phi) is 7.95. The molecular formula is C23H27NO5. The van der Waals surface area contributed by atoms with E-state index in [1.54, 1.807) is 31.2 Å². The van der Waals surface area contributed by atoms with Gasteiger partial charge in [0.2, 0.25) is 5.91 Å². The van der Waals surface area contributed by atoms with Crippen molar-refractivity contribution in [1.82, 2.24) is 0 Å². The van der Waals surface area contributed by atoms with Crippen LogP contribution in [0.4, 0.5) is 5.69 Å². The average Bonchev–Trinajstić information content (AvgIpc) is 2.70. The van der Waals surface area contributed by atoms with Gasteiger partial charge in [-0.15, -0.1) is 0 Å². The van der Waals surface area contributed by atoms with Gasteiger partial charge in [-0.3, -0.25) is 9.59 Å². The highest BCUT2D eigenvalue weighted by molar-refractivity contribution is 5.98. The second kappa shape index (κ2) is 10.4. The van der Waals surface area contributed by atoms with Crippen molar-refractivity contribution in [2.75, 3.05) is 18.5 Å². The molecule has 0 saturated carbocycles. The first-order chi connectivity index (χ1) is 13.8. The third-order valence-corrected chi connectivity index (χ3v) is 4.40. The lowest BCUT2D eigenvalue weighted by Crippen LogP contribution is -2.19. The van der Waals surface area contributed by atoms with Gasteiger partial charge in [0.15, 0.2) is 19.0 Å². The van der Waals surface area contributed by atoms with Crippen LogP contribution in [0.5, 0.6) is 5.75 Å².